The number of aromatic nitrogens is 4. The van der Waals surface area contributed by atoms with Gasteiger partial charge in [0.15, 0.2) is 5.69 Å². The fraction of sp³-hybridized carbons (Fsp3) is 0.519. The van der Waals surface area contributed by atoms with Crippen molar-refractivity contribution in [1.82, 2.24) is 24.5 Å². The lowest BCUT2D eigenvalue weighted by atomic mass is 9.90. The Bertz CT molecular complexity index is 1240. The van der Waals surface area contributed by atoms with Gasteiger partial charge in [0.25, 0.3) is 0 Å². The Morgan fingerprint density at radius 3 is 2.41 bits per heavy atom. The largest absolute Gasteiger partial charge is 0.435 e. The minimum Gasteiger partial charge on any atom is -0.345 e. The van der Waals surface area contributed by atoms with Crippen LogP contribution in [0.2, 0.25) is 0 Å². The smallest absolute Gasteiger partial charge is 0.345 e. The van der Waals surface area contributed by atoms with Crippen LogP contribution in [0.1, 0.15) is 70.5 Å². The molecule has 1 aliphatic heterocycles. The van der Waals surface area contributed by atoms with E-state index in [1.807, 2.05) is 39.1 Å². The minimum absolute atomic E-state index is 0.139. The predicted molar refractivity (Wildman–Crippen MR) is 138 cm³/mol. The van der Waals surface area contributed by atoms with Crippen LogP contribution in [0.5, 0.6) is 0 Å². The van der Waals surface area contributed by atoms with Gasteiger partial charge in [0.1, 0.15) is 5.78 Å². The maximum absolute atomic E-state index is 13.2. The van der Waals surface area contributed by atoms with E-state index in [0.29, 0.717) is 28.5 Å². The van der Waals surface area contributed by atoms with Crippen LogP contribution in [0.25, 0.3) is 5.57 Å². The number of allylic oxidation sites excluding steroid dienone is 3. The highest BCUT2D eigenvalue weighted by Gasteiger charge is 2.36. The Hall–Kier alpha value is -3.28. The molecule has 12 heteroatoms. The molecule has 1 aliphatic carbocycles. The van der Waals surface area contributed by atoms with Crippen molar-refractivity contribution in [3.05, 3.63) is 66.0 Å². The molecule has 7 nitrogen and oxygen atoms in total. The monoisotopic (exact) mass is 554 g/mol. The van der Waals surface area contributed by atoms with Crippen LogP contribution in [-0.4, -0.2) is 42.3 Å². The van der Waals surface area contributed by atoms with Gasteiger partial charge in [0, 0.05) is 36.3 Å². The van der Waals surface area contributed by atoms with Crippen molar-refractivity contribution in [1.29, 1.82) is 0 Å². The Morgan fingerprint density at radius 1 is 1.26 bits per heavy atom. The molecule has 39 heavy (non-hydrogen) atoms. The average Bonchev–Trinajstić information content (AvgIpc) is 3.41. The quantitative estimate of drug-likeness (QED) is 0.387. The van der Waals surface area contributed by atoms with Crippen molar-refractivity contribution >= 4 is 11.4 Å². The van der Waals surface area contributed by atoms with Gasteiger partial charge < -0.3 is 10.6 Å². The summed E-state index contributed by atoms with van der Waals surface area (Å²) >= 11 is 0. The number of nitrogens with zero attached hydrogens (tertiary/aromatic N) is 5. The third-order valence-electron chi connectivity index (χ3n) is 6.74. The zero-order valence-electron chi connectivity index (χ0n) is 22.6. The van der Waals surface area contributed by atoms with Crippen molar-refractivity contribution in [3.8, 4) is 0 Å². The molecule has 2 aromatic heterocycles. The normalized spacial score (nSPS) is 16.7. The molecule has 2 aromatic rings. The first-order valence-corrected chi connectivity index (χ1v) is 12.7. The fourth-order valence-electron chi connectivity index (χ4n) is 3.84. The summed E-state index contributed by atoms with van der Waals surface area (Å²) in [4.78, 5) is 12.9. The maximum Gasteiger partial charge on any atom is 0.435 e. The summed E-state index contributed by atoms with van der Waals surface area (Å²) in [5, 5.41) is 7.28. The molecule has 0 spiro atoms. The van der Waals surface area contributed by atoms with Crippen molar-refractivity contribution < 1.29 is 26.7 Å². The summed E-state index contributed by atoms with van der Waals surface area (Å²) in [6.07, 6.45) is 7.01. The van der Waals surface area contributed by atoms with Gasteiger partial charge in [-0.2, -0.15) is 32.1 Å². The van der Waals surface area contributed by atoms with Crippen molar-refractivity contribution in [2.75, 3.05) is 0 Å². The molecular weight excluding hydrogens is 519 g/mol. The molecule has 0 amide bonds. The number of nitrogens with two attached hydrogens (primary N) is 1. The van der Waals surface area contributed by atoms with Crippen LogP contribution in [0, 0.1) is 5.41 Å². The first kappa shape index (κ1) is 30.3. The van der Waals surface area contributed by atoms with Crippen LogP contribution >= 0.6 is 0 Å². The van der Waals surface area contributed by atoms with Gasteiger partial charge >= 0.3 is 12.7 Å². The third kappa shape index (κ3) is 8.11. The van der Waals surface area contributed by atoms with Crippen LogP contribution in [-0.2, 0) is 23.9 Å². The topological polar surface area (TPSA) is 82.0 Å². The fourth-order valence-corrected chi connectivity index (χ4v) is 3.84. The van der Waals surface area contributed by atoms with E-state index in [-0.39, 0.29) is 17.6 Å². The van der Waals surface area contributed by atoms with E-state index >= 15 is 0 Å². The van der Waals surface area contributed by atoms with E-state index in [1.165, 1.54) is 24.0 Å². The second kappa shape index (κ2) is 11.8. The maximum atomic E-state index is 13.2. The van der Waals surface area contributed by atoms with Crippen molar-refractivity contribution in [2.24, 2.45) is 11.1 Å². The van der Waals surface area contributed by atoms with Crippen LogP contribution < -0.4 is 5.73 Å². The second-order valence-corrected chi connectivity index (χ2v) is 10.7. The molecule has 214 valence electrons. The number of halogens is 5. The molecule has 0 saturated heterocycles. The zero-order valence-corrected chi connectivity index (χ0v) is 22.6. The summed E-state index contributed by atoms with van der Waals surface area (Å²) < 4.78 is 65.7. The van der Waals surface area contributed by atoms with E-state index in [0.717, 1.165) is 36.6 Å². The summed E-state index contributed by atoms with van der Waals surface area (Å²) in [7, 11) is 0. The number of carbonyl (C=O) groups excluding carboxylic acids is 1. The molecule has 1 saturated carbocycles. The number of hydrogen-bond donors (Lipinski definition) is 1. The Morgan fingerprint density at radius 2 is 1.92 bits per heavy atom. The molecule has 2 aliphatic rings. The Labute approximate surface area is 224 Å². The van der Waals surface area contributed by atoms with E-state index in [1.54, 1.807) is 0 Å². The van der Waals surface area contributed by atoms with Crippen LogP contribution in [0.3, 0.4) is 0 Å². The van der Waals surface area contributed by atoms with E-state index in [4.69, 9.17) is 5.73 Å². The average molecular weight is 555 g/mol. The standard InChI is InChI=1S/C19H24F3N3.C8H11F2N3O/c1-5-18(3,4)12-25-16(11-17(23-25)19(20,21)22)14-8-9-24(13(2)10-14)15-6-7-15;1-5(14)7(11)2-6-3-12-13(4-6)8(9)10/h8-11,15H,2,5-7,12H2,1,3-4H3;3-4,7-8H,2,11H2,1H3. The highest BCUT2D eigenvalue weighted by Crippen LogP contribution is 2.37. The number of ketones is 1. The third-order valence-corrected chi connectivity index (χ3v) is 6.74. The summed E-state index contributed by atoms with van der Waals surface area (Å²) in [6, 6.07) is 0.976. The zero-order chi connectivity index (χ0) is 29.1. The molecule has 0 radical (unpaired) electrons. The van der Waals surface area contributed by atoms with E-state index in [9.17, 15) is 26.7 Å². The number of hydrogen-bond acceptors (Lipinski definition) is 5. The molecule has 1 unspecified atom stereocenters. The van der Waals surface area contributed by atoms with Crippen LogP contribution in [0.4, 0.5) is 22.0 Å². The number of rotatable bonds is 9. The SMILES string of the molecule is C=C1C=C(c2cc(C(F)(F)F)nn2CC(C)(C)CC)C=CN1C1CC1.CC(=O)C(N)Cc1cnn(C(F)F)c1. The van der Waals surface area contributed by atoms with E-state index < -0.39 is 24.5 Å². The Balaban J connectivity index is 0.000000255. The summed E-state index contributed by atoms with van der Waals surface area (Å²) in [5.74, 6) is -0.171. The highest BCUT2D eigenvalue weighted by atomic mass is 19.4. The molecule has 4 rings (SSSR count). The van der Waals surface area contributed by atoms with Crippen LogP contribution in [0.15, 0.2) is 49.1 Å². The van der Waals surface area contributed by atoms with Gasteiger partial charge in [-0.25, -0.2) is 4.68 Å². The van der Waals surface area contributed by atoms with Gasteiger partial charge in [-0.1, -0.05) is 27.4 Å². The lowest BCUT2D eigenvalue weighted by Gasteiger charge is -2.26. The molecule has 3 heterocycles. The number of carbonyl (C=O) groups is 1. The summed E-state index contributed by atoms with van der Waals surface area (Å²) in [5.41, 5.74) is 7.03. The molecule has 0 aromatic carbocycles. The molecule has 1 atom stereocenters. The van der Waals surface area contributed by atoms with Gasteiger partial charge in [0.05, 0.1) is 17.9 Å². The first-order valence-electron chi connectivity index (χ1n) is 12.7. The predicted octanol–water partition coefficient (Wildman–Crippen LogP) is 5.96. The first-order chi connectivity index (χ1) is 18.1. The van der Waals surface area contributed by atoms with Gasteiger partial charge in [0.2, 0.25) is 0 Å². The lowest BCUT2D eigenvalue weighted by molar-refractivity contribution is -0.141. The second-order valence-electron chi connectivity index (χ2n) is 10.7. The minimum atomic E-state index is -4.45. The lowest BCUT2D eigenvalue weighted by Crippen LogP contribution is -2.30. The molecule has 2 N–H and O–H groups in total. The highest BCUT2D eigenvalue weighted by molar-refractivity contribution is 5.81. The van der Waals surface area contributed by atoms with Crippen molar-refractivity contribution in [2.45, 2.75) is 84.7 Å². The molecular formula is C27H35F5N6O. The van der Waals surface area contributed by atoms with E-state index in [2.05, 4.69) is 21.7 Å². The Kier molecular flexibility index (Phi) is 9.20. The molecule has 0 bridgehead atoms. The van der Waals surface area contributed by atoms with Crippen molar-refractivity contribution in [3.63, 3.8) is 0 Å². The van der Waals surface area contributed by atoms with Gasteiger partial charge in [-0.05, 0) is 61.8 Å². The van der Waals surface area contributed by atoms with Gasteiger partial charge in [-0.15, -0.1) is 0 Å². The summed E-state index contributed by atoms with van der Waals surface area (Å²) in [6.45, 7) is 9.29. The molecule has 1 fully saturated rings. The number of Topliss-reactive ketones (excluding diaryl/α,β-unsaturated/α-hetero) is 1. The number of alkyl halides is 5. The van der Waals surface area contributed by atoms with Gasteiger partial charge in [-0.3, -0.25) is 9.48 Å².